The Morgan fingerprint density at radius 1 is 0.903 bits per heavy atom. The normalized spacial score (nSPS) is 14.0. The van der Waals surface area contributed by atoms with Crippen LogP contribution in [0.25, 0.3) is 21.5 Å². The number of aromatic hydroxyl groups is 1. The number of rotatable bonds is 4. The molecule has 0 bridgehead atoms. The van der Waals surface area contributed by atoms with Crippen LogP contribution in [0.15, 0.2) is 77.9 Å². The third-order valence-electron chi connectivity index (χ3n) is 5.86. The van der Waals surface area contributed by atoms with Crippen molar-refractivity contribution in [2.75, 3.05) is 18.0 Å². The molecule has 154 valence electrons. The summed E-state index contributed by atoms with van der Waals surface area (Å²) in [7, 11) is 0. The molecule has 2 N–H and O–H groups in total. The molecule has 0 unspecified atom stereocenters. The SMILES string of the molecule is O=C(NN=Cc1ccc(N2CCCC2)c2ccccc12)c1cc2ccccc2cc1O. The van der Waals surface area contributed by atoms with Crippen molar-refractivity contribution in [3.63, 3.8) is 0 Å². The van der Waals surface area contributed by atoms with Crippen molar-refractivity contribution >= 4 is 39.4 Å². The van der Waals surface area contributed by atoms with Gasteiger partial charge in [0.2, 0.25) is 0 Å². The van der Waals surface area contributed by atoms with Crippen LogP contribution in [-0.2, 0) is 0 Å². The molecule has 1 saturated heterocycles. The third kappa shape index (κ3) is 3.70. The minimum absolute atomic E-state index is 0.0631. The molecule has 0 radical (unpaired) electrons. The van der Waals surface area contributed by atoms with Gasteiger partial charge < -0.3 is 10.0 Å². The van der Waals surface area contributed by atoms with E-state index in [-0.39, 0.29) is 11.3 Å². The number of amides is 1. The van der Waals surface area contributed by atoms with E-state index in [9.17, 15) is 9.90 Å². The molecule has 5 heteroatoms. The van der Waals surface area contributed by atoms with E-state index in [2.05, 4.69) is 33.6 Å². The zero-order chi connectivity index (χ0) is 21.2. The fraction of sp³-hybridized carbons (Fsp3) is 0.154. The largest absolute Gasteiger partial charge is 0.507 e. The maximum absolute atomic E-state index is 12.6. The molecule has 5 rings (SSSR count). The Balaban J connectivity index is 1.40. The number of fused-ring (bicyclic) bond motifs is 2. The van der Waals surface area contributed by atoms with Gasteiger partial charge in [-0.2, -0.15) is 5.10 Å². The topological polar surface area (TPSA) is 64.9 Å². The Labute approximate surface area is 180 Å². The van der Waals surface area contributed by atoms with Gasteiger partial charge in [0.1, 0.15) is 5.75 Å². The van der Waals surface area contributed by atoms with Crippen LogP contribution in [0, 0.1) is 0 Å². The summed E-state index contributed by atoms with van der Waals surface area (Å²) >= 11 is 0. The quantitative estimate of drug-likeness (QED) is 0.366. The summed E-state index contributed by atoms with van der Waals surface area (Å²) in [5.41, 5.74) is 4.92. The number of hydrazone groups is 1. The second-order valence-corrected chi connectivity index (χ2v) is 7.83. The number of hydrogen-bond acceptors (Lipinski definition) is 4. The number of anilines is 1. The standard InChI is InChI=1S/C26H23N3O2/c30-25-16-19-8-2-1-7-18(19)15-23(25)26(31)28-27-17-20-11-12-24(29-13-5-6-14-29)22-10-4-3-9-21(20)22/h1-4,7-12,15-17,30H,5-6,13-14H2,(H,28,31). The monoisotopic (exact) mass is 409 g/mol. The van der Waals surface area contributed by atoms with Gasteiger partial charge in [-0.3, -0.25) is 4.79 Å². The average molecular weight is 409 g/mol. The number of nitrogens with one attached hydrogen (secondary N) is 1. The van der Waals surface area contributed by atoms with E-state index in [1.807, 2.05) is 42.5 Å². The zero-order valence-electron chi connectivity index (χ0n) is 17.1. The lowest BCUT2D eigenvalue weighted by atomic mass is 10.0. The molecule has 0 atom stereocenters. The van der Waals surface area contributed by atoms with Gasteiger partial charge in [-0.25, -0.2) is 5.43 Å². The van der Waals surface area contributed by atoms with Crippen LogP contribution in [0.2, 0.25) is 0 Å². The smallest absolute Gasteiger partial charge is 0.275 e. The van der Waals surface area contributed by atoms with E-state index >= 15 is 0 Å². The van der Waals surface area contributed by atoms with Gasteiger partial charge in [-0.1, -0.05) is 54.6 Å². The minimum Gasteiger partial charge on any atom is -0.507 e. The minimum atomic E-state index is -0.447. The lowest BCUT2D eigenvalue weighted by Crippen LogP contribution is -2.18. The molecule has 5 nitrogen and oxygen atoms in total. The molecule has 0 aromatic heterocycles. The highest BCUT2D eigenvalue weighted by atomic mass is 16.3. The Morgan fingerprint density at radius 2 is 1.58 bits per heavy atom. The summed E-state index contributed by atoms with van der Waals surface area (Å²) in [5, 5.41) is 18.5. The van der Waals surface area contributed by atoms with Crippen molar-refractivity contribution in [3.8, 4) is 5.75 Å². The predicted molar refractivity (Wildman–Crippen MR) is 126 cm³/mol. The lowest BCUT2D eigenvalue weighted by molar-refractivity contribution is 0.0952. The number of benzene rings is 4. The highest BCUT2D eigenvalue weighted by molar-refractivity contribution is 6.06. The van der Waals surface area contributed by atoms with Crippen LogP contribution in [0.5, 0.6) is 5.75 Å². The zero-order valence-corrected chi connectivity index (χ0v) is 17.1. The van der Waals surface area contributed by atoms with Gasteiger partial charge in [0.25, 0.3) is 5.91 Å². The van der Waals surface area contributed by atoms with Crippen molar-refractivity contribution in [2.24, 2.45) is 5.10 Å². The summed E-state index contributed by atoms with van der Waals surface area (Å²) in [6.07, 6.45) is 4.11. The first-order valence-electron chi connectivity index (χ1n) is 10.5. The Hall–Kier alpha value is -3.86. The van der Waals surface area contributed by atoms with Crippen LogP contribution < -0.4 is 10.3 Å². The third-order valence-corrected chi connectivity index (χ3v) is 5.86. The number of hydrogen-bond donors (Lipinski definition) is 2. The molecule has 1 aliphatic rings. The van der Waals surface area contributed by atoms with Crippen molar-refractivity contribution in [2.45, 2.75) is 12.8 Å². The van der Waals surface area contributed by atoms with Gasteiger partial charge >= 0.3 is 0 Å². The molecule has 0 saturated carbocycles. The maximum Gasteiger partial charge on any atom is 0.275 e. The van der Waals surface area contributed by atoms with E-state index in [1.165, 1.54) is 23.9 Å². The fourth-order valence-electron chi connectivity index (χ4n) is 4.28. The molecule has 0 spiro atoms. The molecule has 0 aliphatic carbocycles. The molecule has 31 heavy (non-hydrogen) atoms. The number of phenolic OH excluding ortho intramolecular Hbond substituents is 1. The summed E-state index contributed by atoms with van der Waals surface area (Å²) in [6.45, 7) is 2.17. The van der Waals surface area contributed by atoms with Crippen LogP contribution in [0.1, 0.15) is 28.8 Å². The highest BCUT2D eigenvalue weighted by Crippen LogP contribution is 2.31. The number of carbonyl (C=O) groups is 1. The van der Waals surface area contributed by atoms with Crippen molar-refractivity contribution < 1.29 is 9.90 Å². The summed E-state index contributed by atoms with van der Waals surface area (Å²) in [4.78, 5) is 15.0. The van der Waals surface area contributed by atoms with E-state index in [0.717, 1.165) is 34.8 Å². The average Bonchev–Trinajstić information content (AvgIpc) is 3.33. The van der Waals surface area contributed by atoms with Gasteiger partial charge in [0, 0.05) is 29.7 Å². The van der Waals surface area contributed by atoms with Crippen molar-refractivity contribution in [1.82, 2.24) is 5.43 Å². The van der Waals surface area contributed by atoms with E-state index in [0.29, 0.717) is 0 Å². The fourth-order valence-corrected chi connectivity index (χ4v) is 4.28. The summed E-state index contributed by atoms with van der Waals surface area (Å²) in [5.74, 6) is -0.510. The highest BCUT2D eigenvalue weighted by Gasteiger charge is 2.16. The van der Waals surface area contributed by atoms with Gasteiger partial charge in [0.05, 0.1) is 11.8 Å². The van der Waals surface area contributed by atoms with E-state index in [1.54, 1.807) is 18.3 Å². The number of carbonyl (C=O) groups excluding carboxylic acids is 1. The first-order chi connectivity index (χ1) is 15.2. The second kappa shape index (κ2) is 8.11. The number of phenols is 1. The molecule has 1 fully saturated rings. The lowest BCUT2D eigenvalue weighted by Gasteiger charge is -2.20. The van der Waals surface area contributed by atoms with Crippen LogP contribution >= 0.6 is 0 Å². The molecule has 1 aliphatic heterocycles. The molecule has 1 heterocycles. The molecule has 1 amide bonds. The number of nitrogens with zero attached hydrogens (tertiary/aromatic N) is 2. The van der Waals surface area contributed by atoms with Crippen molar-refractivity contribution in [3.05, 3.63) is 83.9 Å². The summed E-state index contributed by atoms with van der Waals surface area (Å²) in [6, 6.07) is 23.3. The molecular formula is C26H23N3O2. The van der Waals surface area contributed by atoms with Gasteiger partial charge in [0.15, 0.2) is 0 Å². The van der Waals surface area contributed by atoms with Gasteiger partial charge in [-0.05, 0) is 47.2 Å². The Kier molecular flexibility index (Phi) is 5.00. The first-order valence-corrected chi connectivity index (χ1v) is 10.5. The Morgan fingerprint density at radius 3 is 2.35 bits per heavy atom. The molecule has 4 aromatic carbocycles. The first kappa shape index (κ1) is 19.1. The molecular weight excluding hydrogens is 386 g/mol. The van der Waals surface area contributed by atoms with E-state index < -0.39 is 5.91 Å². The van der Waals surface area contributed by atoms with E-state index in [4.69, 9.17) is 0 Å². The van der Waals surface area contributed by atoms with Crippen LogP contribution in [0.3, 0.4) is 0 Å². The maximum atomic E-state index is 12.6. The van der Waals surface area contributed by atoms with Crippen LogP contribution in [-0.4, -0.2) is 30.3 Å². The summed E-state index contributed by atoms with van der Waals surface area (Å²) < 4.78 is 0. The molecule has 4 aromatic rings. The predicted octanol–water partition coefficient (Wildman–Crippen LogP) is 5.06. The van der Waals surface area contributed by atoms with Crippen molar-refractivity contribution in [1.29, 1.82) is 0 Å². The second-order valence-electron chi connectivity index (χ2n) is 7.83. The van der Waals surface area contributed by atoms with Gasteiger partial charge in [-0.15, -0.1) is 0 Å². The Bertz CT molecular complexity index is 1310. The van der Waals surface area contributed by atoms with Crippen LogP contribution in [0.4, 0.5) is 5.69 Å².